The number of likely N-dealkylation sites (tertiary alicyclic amines) is 1. The Hall–Kier alpha value is -2.24. The summed E-state index contributed by atoms with van der Waals surface area (Å²) < 4.78 is 5.34. The highest BCUT2D eigenvalue weighted by Gasteiger charge is 2.27. The van der Waals surface area contributed by atoms with Crippen molar-refractivity contribution in [1.29, 1.82) is 0 Å². The highest BCUT2D eigenvalue weighted by Crippen LogP contribution is 2.30. The summed E-state index contributed by atoms with van der Waals surface area (Å²) in [4.78, 5) is 17.3. The number of rotatable bonds is 6. The lowest BCUT2D eigenvalue weighted by molar-refractivity contribution is 0.0640. The number of carbonyl (C=O) groups excluding carboxylic acids is 1. The van der Waals surface area contributed by atoms with Crippen molar-refractivity contribution in [1.82, 2.24) is 9.80 Å². The van der Waals surface area contributed by atoms with Gasteiger partial charge in [-0.1, -0.05) is 41.9 Å². The Morgan fingerprint density at radius 2 is 1.93 bits per heavy atom. The van der Waals surface area contributed by atoms with E-state index in [4.69, 9.17) is 22.1 Å². The van der Waals surface area contributed by atoms with Gasteiger partial charge < -0.3 is 20.3 Å². The number of nitrogens with two attached hydrogens (primary N) is 1. The molecule has 0 spiro atoms. The Kier molecular flexibility index (Phi) is 6.81. The van der Waals surface area contributed by atoms with Crippen LogP contribution in [-0.4, -0.2) is 55.5 Å². The van der Waals surface area contributed by atoms with Crippen LogP contribution in [0, 0.1) is 0 Å². The molecule has 2 aromatic rings. The molecule has 1 aliphatic rings. The fourth-order valence-corrected chi connectivity index (χ4v) is 3.89. The number of anilines is 1. The molecule has 2 aromatic carbocycles. The standard InChI is InChI=1S/C22H28ClN3O2/c1-25(22(27)18-14-19(23)20(24)15-21(18)28-2)17-9-12-26(13-10-17)11-8-16-6-4-3-5-7-16/h3-7,14-15,17H,8-13,24H2,1-2H3. The van der Waals surface area contributed by atoms with Gasteiger partial charge in [-0.3, -0.25) is 4.79 Å². The van der Waals surface area contributed by atoms with E-state index in [0.717, 1.165) is 38.9 Å². The summed E-state index contributed by atoms with van der Waals surface area (Å²) in [5.41, 5.74) is 8.05. The summed E-state index contributed by atoms with van der Waals surface area (Å²) in [7, 11) is 3.39. The number of hydrogen-bond donors (Lipinski definition) is 1. The SMILES string of the molecule is COc1cc(N)c(Cl)cc1C(=O)N(C)C1CCN(CCc2ccccc2)CC1. The number of halogens is 1. The summed E-state index contributed by atoms with van der Waals surface area (Å²) in [6.45, 7) is 3.04. The molecule has 150 valence electrons. The van der Waals surface area contributed by atoms with Crippen LogP contribution < -0.4 is 10.5 Å². The molecule has 2 N–H and O–H groups in total. The fraction of sp³-hybridized carbons (Fsp3) is 0.409. The molecule has 0 bridgehead atoms. The van der Waals surface area contributed by atoms with Gasteiger partial charge in [0.25, 0.3) is 5.91 Å². The van der Waals surface area contributed by atoms with Crippen LogP contribution in [0.5, 0.6) is 5.75 Å². The predicted octanol–water partition coefficient (Wildman–Crippen LogP) is 3.71. The highest BCUT2D eigenvalue weighted by molar-refractivity contribution is 6.33. The minimum atomic E-state index is -0.0820. The van der Waals surface area contributed by atoms with Gasteiger partial charge in [0.2, 0.25) is 0 Å². The Balaban J connectivity index is 1.57. The molecule has 0 saturated carbocycles. The number of methoxy groups -OCH3 is 1. The molecule has 0 unspecified atom stereocenters. The third-order valence-electron chi connectivity index (χ3n) is 5.53. The maximum Gasteiger partial charge on any atom is 0.257 e. The molecule has 6 heteroatoms. The number of amides is 1. The van der Waals surface area contributed by atoms with E-state index in [2.05, 4.69) is 29.2 Å². The van der Waals surface area contributed by atoms with E-state index >= 15 is 0 Å². The number of hydrogen-bond acceptors (Lipinski definition) is 4. The van der Waals surface area contributed by atoms with Gasteiger partial charge in [0.15, 0.2) is 0 Å². The van der Waals surface area contributed by atoms with Crippen LogP contribution in [0.1, 0.15) is 28.8 Å². The highest BCUT2D eigenvalue weighted by atomic mass is 35.5. The zero-order chi connectivity index (χ0) is 20.1. The van der Waals surface area contributed by atoms with Crippen molar-refractivity contribution in [2.24, 2.45) is 0 Å². The number of nitrogen functional groups attached to an aromatic ring is 1. The minimum absolute atomic E-state index is 0.0820. The van der Waals surface area contributed by atoms with Gasteiger partial charge in [-0.2, -0.15) is 0 Å². The van der Waals surface area contributed by atoms with E-state index in [0.29, 0.717) is 22.0 Å². The van der Waals surface area contributed by atoms with Crippen molar-refractivity contribution < 1.29 is 9.53 Å². The van der Waals surface area contributed by atoms with Crippen molar-refractivity contribution >= 4 is 23.2 Å². The van der Waals surface area contributed by atoms with Gasteiger partial charge in [-0.05, 0) is 30.9 Å². The van der Waals surface area contributed by atoms with Crippen molar-refractivity contribution in [2.45, 2.75) is 25.3 Å². The Labute approximate surface area is 172 Å². The first-order valence-corrected chi connectivity index (χ1v) is 10.0. The molecule has 5 nitrogen and oxygen atoms in total. The summed E-state index contributed by atoms with van der Waals surface area (Å²) >= 11 is 6.12. The van der Waals surface area contributed by atoms with Crippen LogP contribution in [0.3, 0.4) is 0 Å². The first kappa shape index (κ1) is 20.5. The molecule has 1 aliphatic heterocycles. The van der Waals surface area contributed by atoms with Crippen LogP contribution in [-0.2, 0) is 6.42 Å². The molecule has 28 heavy (non-hydrogen) atoms. The van der Waals surface area contributed by atoms with E-state index in [1.54, 1.807) is 12.1 Å². The third kappa shape index (κ3) is 4.78. The molecule has 0 radical (unpaired) electrons. The normalized spacial score (nSPS) is 15.4. The minimum Gasteiger partial charge on any atom is -0.496 e. The van der Waals surface area contributed by atoms with Crippen LogP contribution in [0.25, 0.3) is 0 Å². The van der Waals surface area contributed by atoms with Crippen molar-refractivity contribution in [3.8, 4) is 5.75 Å². The Bertz CT molecular complexity index is 805. The second-order valence-electron chi connectivity index (χ2n) is 7.30. The molecular weight excluding hydrogens is 374 g/mol. The van der Waals surface area contributed by atoms with E-state index in [9.17, 15) is 4.79 Å². The largest absolute Gasteiger partial charge is 0.496 e. The summed E-state index contributed by atoms with van der Waals surface area (Å²) in [5, 5.41) is 0.369. The van der Waals surface area contributed by atoms with Gasteiger partial charge in [-0.25, -0.2) is 0 Å². The molecule has 1 fully saturated rings. The second-order valence-corrected chi connectivity index (χ2v) is 7.71. The number of nitrogens with zero attached hydrogens (tertiary/aromatic N) is 2. The van der Waals surface area contributed by atoms with Crippen molar-refractivity contribution in [3.63, 3.8) is 0 Å². The number of piperidine rings is 1. The van der Waals surface area contributed by atoms with E-state index in [1.807, 2.05) is 18.0 Å². The van der Waals surface area contributed by atoms with Crippen LogP contribution in [0.4, 0.5) is 5.69 Å². The first-order valence-electron chi connectivity index (χ1n) is 9.66. The Morgan fingerprint density at radius 3 is 2.57 bits per heavy atom. The summed E-state index contributed by atoms with van der Waals surface area (Å²) in [5.74, 6) is 0.375. The average Bonchev–Trinajstić information content (AvgIpc) is 2.74. The summed E-state index contributed by atoms with van der Waals surface area (Å²) in [6.07, 6.45) is 2.98. The summed E-state index contributed by atoms with van der Waals surface area (Å²) in [6, 6.07) is 14.0. The molecule has 0 atom stereocenters. The van der Waals surface area contributed by atoms with Gasteiger partial charge >= 0.3 is 0 Å². The maximum atomic E-state index is 13.0. The van der Waals surface area contributed by atoms with Gasteiger partial charge in [0.05, 0.1) is 23.4 Å². The molecule has 1 amide bonds. The van der Waals surface area contributed by atoms with Crippen LogP contribution in [0.15, 0.2) is 42.5 Å². The van der Waals surface area contributed by atoms with Gasteiger partial charge in [0, 0.05) is 38.8 Å². The molecular formula is C22H28ClN3O2. The fourth-order valence-electron chi connectivity index (χ4n) is 3.72. The zero-order valence-electron chi connectivity index (χ0n) is 16.5. The molecule has 3 rings (SSSR count). The van der Waals surface area contributed by atoms with E-state index < -0.39 is 0 Å². The Morgan fingerprint density at radius 1 is 1.25 bits per heavy atom. The first-order chi connectivity index (χ1) is 13.5. The lowest BCUT2D eigenvalue weighted by Crippen LogP contribution is -2.46. The predicted molar refractivity (Wildman–Crippen MR) is 114 cm³/mol. The van der Waals surface area contributed by atoms with Crippen LogP contribution in [0.2, 0.25) is 5.02 Å². The molecule has 0 aliphatic carbocycles. The van der Waals surface area contributed by atoms with Crippen LogP contribution >= 0.6 is 11.6 Å². The molecule has 1 saturated heterocycles. The number of carbonyl (C=O) groups is 1. The maximum absolute atomic E-state index is 13.0. The van der Waals surface area contributed by atoms with E-state index in [-0.39, 0.29) is 11.9 Å². The van der Waals surface area contributed by atoms with Gasteiger partial charge in [-0.15, -0.1) is 0 Å². The van der Waals surface area contributed by atoms with E-state index in [1.165, 1.54) is 12.7 Å². The van der Waals surface area contributed by atoms with Crippen molar-refractivity contribution in [3.05, 3.63) is 58.6 Å². The lowest BCUT2D eigenvalue weighted by atomic mass is 10.0. The molecule has 1 heterocycles. The topological polar surface area (TPSA) is 58.8 Å². The average molecular weight is 402 g/mol. The number of benzene rings is 2. The monoisotopic (exact) mass is 401 g/mol. The number of ether oxygens (including phenoxy) is 1. The van der Waals surface area contributed by atoms with Gasteiger partial charge in [0.1, 0.15) is 5.75 Å². The zero-order valence-corrected chi connectivity index (χ0v) is 17.3. The third-order valence-corrected chi connectivity index (χ3v) is 5.86. The quantitative estimate of drug-likeness (QED) is 0.749. The lowest BCUT2D eigenvalue weighted by Gasteiger charge is -2.37. The molecule has 0 aromatic heterocycles. The van der Waals surface area contributed by atoms with Crippen molar-refractivity contribution in [2.75, 3.05) is 39.5 Å². The second kappa shape index (κ2) is 9.30. The smallest absolute Gasteiger partial charge is 0.257 e.